The van der Waals surface area contributed by atoms with Crippen molar-refractivity contribution in [3.63, 3.8) is 0 Å². The number of anilines is 1. The van der Waals surface area contributed by atoms with Crippen molar-refractivity contribution in [3.05, 3.63) is 71.4 Å². The van der Waals surface area contributed by atoms with Crippen molar-refractivity contribution in [3.8, 4) is 11.4 Å². The number of rotatable bonds is 4. The van der Waals surface area contributed by atoms with E-state index in [0.29, 0.717) is 23.7 Å². The second-order valence-corrected chi connectivity index (χ2v) is 9.40. The minimum Gasteiger partial charge on any atom is -0.362 e. The van der Waals surface area contributed by atoms with Crippen molar-refractivity contribution in [2.45, 2.75) is 24.8 Å². The van der Waals surface area contributed by atoms with Crippen molar-refractivity contribution in [2.24, 2.45) is 0 Å². The number of benzene rings is 2. The lowest BCUT2D eigenvalue weighted by Crippen LogP contribution is -2.37. The second-order valence-electron chi connectivity index (χ2n) is 7.46. The molecule has 0 amide bonds. The molecule has 150 valence electrons. The molecule has 7 heteroatoms. The number of sulfonamides is 1. The van der Waals surface area contributed by atoms with Crippen molar-refractivity contribution in [1.29, 1.82) is 0 Å². The lowest BCUT2D eigenvalue weighted by Gasteiger charge is -2.30. The van der Waals surface area contributed by atoms with Gasteiger partial charge in [0.05, 0.1) is 10.6 Å². The van der Waals surface area contributed by atoms with Gasteiger partial charge in [0, 0.05) is 44.7 Å². The van der Waals surface area contributed by atoms with E-state index in [1.807, 2.05) is 68.4 Å². The van der Waals surface area contributed by atoms with Crippen LogP contribution in [0.4, 0.5) is 5.82 Å². The van der Waals surface area contributed by atoms with Gasteiger partial charge in [-0.05, 0) is 19.1 Å². The SMILES string of the molecule is Cc1ccc(S(=O)(=O)N2CCc3nc(-c4ccccc4)nc(N(C)C)c3C2)cc1. The summed E-state index contributed by atoms with van der Waals surface area (Å²) in [5.74, 6) is 1.43. The zero-order valence-electron chi connectivity index (χ0n) is 16.8. The quantitative estimate of drug-likeness (QED) is 0.663. The molecule has 0 spiro atoms. The molecular weight excluding hydrogens is 384 g/mol. The first-order valence-electron chi connectivity index (χ1n) is 9.55. The highest BCUT2D eigenvalue weighted by atomic mass is 32.2. The molecule has 0 unspecified atom stereocenters. The molecule has 0 bridgehead atoms. The second kappa shape index (κ2) is 7.57. The maximum Gasteiger partial charge on any atom is 0.243 e. The van der Waals surface area contributed by atoms with Gasteiger partial charge >= 0.3 is 0 Å². The van der Waals surface area contributed by atoms with Crippen LogP contribution in [-0.4, -0.2) is 43.3 Å². The molecule has 6 nitrogen and oxygen atoms in total. The summed E-state index contributed by atoms with van der Waals surface area (Å²) < 4.78 is 27.8. The van der Waals surface area contributed by atoms with Crippen molar-refractivity contribution < 1.29 is 8.42 Å². The molecule has 29 heavy (non-hydrogen) atoms. The summed E-state index contributed by atoms with van der Waals surface area (Å²) in [6.45, 7) is 2.62. The fourth-order valence-corrected chi connectivity index (χ4v) is 4.93. The lowest BCUT2D eigenvalue weighted by atomic mass is 10.1. The standard InChI is InChI=1S/C22H24N4O2S/c1-16-9-11-18(12-10-16)29(27,28)26-14-13-20-19(15-26)22(25(2)3)24-21(23-20)17-7-5-4-6-8-17/h4-12H,13-15H2,1-3H3. The predicted molar refractivity (Wildman–Crippen MR) is 114 cm³/mol. The molecule has 3 aromatic rings. The molecule has 0 saturated heterocycles. The van der Waals surface area contributed by atoms with Gasteiger partial charge in [0.2, 0.25) is 10.0 Å². The Hall–Kier alpha value is -2.77. The van der Waals surface area contributed by atoms with Crippen LogP contribution in [-0.2, 0) is 23.0 Å². The van der Waals surface area contributed by atoms with Gasteiger partial charge in [0.15, 0.2) is 5.82 Å². The Kier molecular flexibility index (Phi) is 5.10. The molecule has 2 heterocycles. The first-order chi connectivity index (χ1) is 13.9. The molecule has 0 radical (unpaired) electrons. The number of hydrogen-bond acceptors (Lipinski definition) is 5. The average molecular weight is 409 g/mol. The third-order valence-corrected chi connectivity index (χ3v) is 6.98. The molecule has 0 fully saturated rings. The van der Waals surface area contributed by atoms with E-state index < -0.39 is 10.0 Å². The van der Waals surface area contributed by atoms with Crippen molar-refractivity contribution in [1.82, 2.24) is 14.3 Å². The molecule has 1 aromatic heterocycles. The lowest BCUT2D eigenvalue weighted by molar-refractivity contribution is 0.387. The van der Waals surface area contributed by atoms with Crippen LogP contribution in [0, 0.1) is 6.92 Å². The largest absolute Gasteiger partial charge is 0.362 e. The van der Waals surface area contributed by atoms with Gasteiger partial charge < -0.3 is 4.90 Å². The Morgan fingerprint density at radius 1 is 0.966 bits per heavy atom. The minimum atomic E-state index is -3.57. The Bertz CT molecular complexity index is 1130. The zero-order chi connectivity index (χ0) is 20.6. The van der Waals surface area contributed by atoms with Gasteiger partial charge in [-0.3, -0.25) is 0 Å². The van der Waals surface area contributed by atoms with Crippen LogP contribution < -0.4 is 4.90 Å². The molecule has 0 aliphatic carbocycles. The van der Waals surface area contributed by atoms with Gasteiger partial charge in [-0.1, -0.05) is 48.0 Å². The highest BCUT2D eigenvalue weighted by molar-refractivity contribution is 7.89. The highest BCUT2D eigenvalue weighted by Crippen LogP contribution is 2.31. The van der Waals surface area contributed by atoms with Crippen LogP contribution in [0.25, 0.3) is 11.4 Å². The normalized spacial score (nSPS) is 14.4. The molecule has 1 aliphatic heterocycles. The molecule has 1 aliphatic rings. The highest BCUT2D eigenvalue weighted by Gasteiger charge is 2.31. The topological polar surface area (TPSA) is 66.4 Å². The summed E-state index contributed by atoms with van der Waals surface area (Å²) >= 11 is 0. The minimum absolute atomic E-state index is 0.272. The van der Waals surface area contributed by atoms with E-state index in [-0.39, 0.29) is 6.54 Å². The van der Waals surface area contributed by atoms with Crippen LogP contribution in [0.1, 0.15) is 16.8 Å². The van der Waals surface area contributed by atoms with E-state index in [2.05, 4.69) is 0 Å². The molecule has 0 N–H and O–H groups in total. The van der Waals surface area contributed by atoms with Crippen molar-refractivity contribution >= 4 is 15.8 Å². The fourth-order valence-electron chi connectivity index (χ4n) is 3.52. The van der Waals surface area contributed by atoms with Gasteiger partial charge in [0.1, 0.15) is 5.82 Å². The molecule has 0 atom stereocenters. The Labute approximate surface area is 171 Å². The maximum atomic E-state index is 13.1. The van der Waals surface area contributed by atoms with Gasteiger partial charge in [-0.15, -0.1) is 0 Å². The van der Waals surface area contributed by atoms with E-state index in [1.165, 1.54) is 4.31 Å². The van der Waals surface area contributed by atoms with E-state index in [9.17, 15) is 8.42 Å². The summed E-state index contributed by atoms with van der Waals surface area (Å²) in [4.78, 5) is 11.8. The first kappa shape index (κ1) is 19.5. The third-order valence-electron chi connectivity index (χ3n) is 5.12. The molecule has 2 aromatic carbocycles. The fraction of sp³-hybridized carbons (Fsp3) is 0.273. The molecular formula is C22H24N4O2S. The summed E-state index contributed by atoms with van der Waals surface area (Å²) in [6.07, 6.45) is 0.559. The number of nitrogens with zero attached hydrogens (tertiary/aromatic N) is 4. The van der Waals surface area contributed by atoms with E-state index in [1.54, 1.807) is 12.1 Å². The monoisotopic (exact) mass is 408 g/mol. The zero-order valence-corrected chi connectivity index (χ0v) is 17.6. The van der Waals surface area contributed by atoms with Crippen LogP contribution in [0.5, 0.6) is 0 Å². The number of hydrogen-bond donors (Lipinski definition) is 0. The molecule has 0 saturated carbocycles. The van der Waals surface area contributed by atoms with E-state index >= 15 is 0 Å². The Morgan fingerprint density at radius 3 is 2.31 bits per heavy atom. The summed E-state index contributed by atoms with van der Waals surface area (Å²) in [5.41, 5.74) is 3.77. The van der Waals surface area contributed by atoms with Gasteiger partial charge in [-0.2, -0.15) is 4.31 Å². The summed E-state index contributed by atoms with van der Waals surface area (Å²) in [6, 6.07) is 16.8. The van der Waals surface area contributed by atoms with Crippen LogP contribution >= 0.6 is 0 Å². The Morgan fingerprint density at radius 2 is 1.66 bits per heavy atom. The number of fused-ring (bicyclic) bond motifs is 1. The van der Waals surface area contributed by atoms with E-state index in [4.69, 9.17) is 9.97 Å². The smallest absolute Gasteiger partial charge is 0.243 e. The van der Waals surface area contributed by atoms with Crippen LogP contribution in [0.3, 0.4) is 0 Å². The predicted octanol–water partition coefficient (Wildman–Crippen LogP) is 3.27. The third kappa shape index (κ3) is 3.75. The molecule has 4 rings (SSSR count). The van der Waals surface area contributed by atoms with Gasteiger partial charge in [-0.25, -0.2) is 18.4 Å². The van der Waals surface area contributed by atoms with Crippen LogP contribution in [0.2, 0.25) is 0 Å². The van der Waals surface area contributed by atoms with E-state index in [0.717, 1.165) is 28.2 Å². The number of aromatic nitrogens is 2. The average Bonchev–Trinajstić information content (AvgIpc) is 2.73. The maximum absolute atomic E-state index is 13.1. The van der Waals surface area contributed by atoms with Gasteiger partial charge in [0.25, 0.3) is 0 Å². The first-order valence-corrected chi connectivity index (χ1v) is 11.0. The van der Waals surface area contributed by atoms with Crippen LogP contribution in [0.15, 0.2) is 59.5 Å². The Balaban J connectivity index is 1.73. The number of aryl methyl sites for hydroxylation is 1. The van der Waals surface area contributed by atoms with Crippen molar-refractivity contribution in [2.75, 3.05) is 25.5 Å². The summed E-state index contributed by atoms with van der Waals surface area (Å²) in [7, 11) is 0.276. The summed E-state index contributed by atoms with van der Waals surface area (Å²) in [5, 5.41) is 0.